The van der Waals surface area contributed by atoms with Gasteiger partial charge in [0.25, 0.3) is 5.56 Å². The van der Waals surface area contributed by atoms with Gasteiger partial charge in [0.05, 0.1) is 12.2 Å². The smallest absolute Gasteiger partial charge is 0.274 e. The Morgan fingerprint density at radius 1 is 1.38 bits per heavy atom. The zero-order chi connectivity index (χ0) is 15.0. The van der Waals surface area contributed by atoms with Crippen molar-refractivity contribution in [2.45, 2.75) is 20.0 Å². The van der Waals surface area contributed by atoms with Crippen LogP contribution in [0.5, 0.6) is 0 Å². The average Bonchev–Trinajstić information content (AvgIpc) is 2.85. The van der Waals surface area contributed by atoms with Crippen molar-refractivity contribution in [3.63, 3.8) is 0 Å². The maximum Gasteiger partial charge on any atom is 0.274 e. The predicted molar refractivity (Wildman–Crippen MR) is 85.8 cm³/mol. The molecule has 0 unspecified atom stereocenters. The van der Waals surface area contributed by atoms with Gasteiger partial charge in [0.1, 0.15) is 5.69 Å². The first-order chi connectivity index (χ1) is 10.1. The molecule has 0 bridgehead atoms. The van der Waals surface area contributed by atoms with Gasteiger partial charge >= 0.3 is 0 Å². The SMILES string of the molecule is CCN1CCn2nc(Nc3cc(Br)cn(C)c3=O)cc2C1. The molecule has 2 aromatic rings. The molecule has 1 aliphatic rings. The van der Waals surface area contributed by atoms with E-state index < -0.39 is 0 Å². The molecule has 0 aromatic carbocycles. The average molecular weight is 352 g/mol. The number of likely N-dealkylation sites (N-methyl/N-ethyl adjacent to an activating group) is 1. The lowest BCUT2D eigenvalue weighted by atomic mass is 10.3. The van der Waals surface area contributed by atoms with Crippen molar-refractivity contribution in [1.82, 2.24) is 19.2 Å². The van der Waals surface area contributed by atoms with E-state index in [2.05, 4.69) is 38.2 Å². The Morgan fingerprint density at radius 2 is 2.19 bits per heavy atom. The van der Waals surface area contributed by atoms with Crippen LogP contribution < -0.4 is 10.9 Å². The fraction of sp³-hybridized carbons (Fsp3) is 0.429. The van der Waals surface area contributed by atoms with E-state index >= 15 is 0 Å². The zero-order valence-corrected chi connectivity index (χ0v) is 13.7. The summed E-state index contributed by atoms with van der Waals surface area (Å²) in [5, 5.41) is 7.66. The number of aromatic nitrogens is 3. The molecule has 6 nitrogen and oxygen atoms in total. The van der Waals surface area contributed by atoms with E-state index in [9.17, 15) is 4.79 Å². The predicted octanol–water partition coefficient (Wildman–Crippen LogP) is 1.92. The first kappa shape index (κ1) is 14.3. The van der Waals surface area contributed by atoms with Crippen molar-refractivity contribution in [2.75, 3.05) is 18.4 Å². The van der Waals surface area contributed by atoms with Crippen LogP contribution in [0.15, 0.2) is 27.6 Å². The molecule has 1 N–H and O–H groups in total. The third-order valence-electron chi connectivity index (χ3n) is 3.74. The van der Waals surface area contributed by atoms with Crippen LogP contribution in [0.1, 0.15) is 12.6 Å². The van der Waals surface area contributed by atoms with Gasteiger partial charge in [0, 0.05) is 36.9 Å². The van der Waals surface area contributed by atoms with Gasteiger partial charge in [-0.25, -0.2) is 0 Å². The second-order valence-corrected chi connectivity index (χ2v) is 6.14. The van der Waals surface area contributed by atoms with Crippen LogP contribution in [0.2, 0.25) is 0 Å². The molecule has 0 saturated carbocycles. The van der Waals surface area contributed by atoms with E-state index in [1.54, 1.807) is 23.9 Å². The Balaban J connectivity index is 1.87. The molecule has 0 saturated heterocycles. The number of hydrogen-bond donors (Lipinski definition) is 1. The van der Waals surface area contributed by atoms with Gasteiger partial charge in [-0.3, -0.25) is 14.4 Å². The summed E-state index contributed by atoms with van der Waals surface area (Å²) in [6.07, 6.45) is 1.74. The van der Waals surface area contributed by atoms with E-state index in [-0.39, 0.29) is 5.56 Å². The largest absolute Gasteiger partial charge is 0.334 e. The molecule has 0 radical (unpaired) electrons. The van der Waals surface area contributed by atoms with Gasteiger partial charge in [-0.15, -0.1) is 0 Å². The first-order valence-electron chi connectivity index (χ1n) is 6.99. The molecule has 21 heavy (non-hydrogen) atoms. The fourth-order valence-corrected chi connectivity index (χ4v) is 3.09. The van der Waals surface area contributed by atoms with Gasteiger partial charge in [-0.2, -0.15) is 5.10 Å². The number of aryl methyl sites for hydroxylation is 1. The van der Waals surface area contributed by atoms with E-state index in [0.717, 1.165) is 36.5 Å². The number of nitrogens with one attached hydrogen (secondary N) is 1. The van der Waals surface area contributed by atoms with Crippen LogP contribution in [-0.4, -0.2) is 32.3 Å². The fourth-order valence-electron chi connectivity index (χ4n) is 2.55. The minimum atomic E-state index is -0.0700. The molecule has 0 atom stereocenters. The number of nitrogens with zero attached hydrogens (tertiary/aromatic N) is 4. The zero-order valence-electron chi connectivity index (χ0n) is 12.1. The molecule has 1 aliphatic heterocycles. The highest BCUT2D eigenvalue weighted by Gasteiger charge is 2.17. The highest BCUT2D eigenvalue weighted by Crippen LogP contribution is 2.20. The van der Waals surface area contributed by atoms with Gasteiger partial charge in [0.15, 0.2) is 5.82 Å². The molecule has 3 heterocycles. The topological polar surface area (TPSA) is 55.1 Å². The van der Waals surface area contributed by atoms with Crippen LogP contribution in [0.25, 0.3) is 0 Å². The van der Waals surface area contributed by atoms with Gasteiger partial charge in [0.2, 0.25) is 0 Å². The summed E-state index contributed by atoms with van der Waals surface area (Å²) in [5.74, 6) is 0.721. The standard InChI is InChI=1S/C14H18BrN5O/c1-3-19-4-5-20-11(9-19)7-13(17-20)16-12-6-10(15)8-18(2)14(12)21/h6-8H,3-5,9H2,1-2H3,(H,16,17). The number of halogens is 1. The molecular formula is C14H18BrN5O. The van der Waals surface area contributed by atoms with Crippen LogP contribution in [0.4, 0.5) is 11.5 Å². The molecule has 0 amide bonds. The molecule has 3 rings (SSSR count). The lowest BCUT2D eigenvalue weighted by Gasteiger charge is -2.25. The van der Waals surface area contributed by atoms with Crippen molar-refractivity contribution >= 4 is 27.4 Å². The molecule has 0 spiro atoms. The molecule has 0 aliphatic carbocycles. The van der Waals surface area contributed by atoms with E-state index in [4.69, 9.17) is 0 Å². The summed E-state index contributed by atoms with van der Waals surface area (Å²) in [7, 11) is 1.73. The van der Waals surface area contributed by atoms with Crippen LogP contribution in [0.3, 0.4) is 0 Å². The lowest BCUT2D eigenvalue weighted by molar-refractivity contribution is 0.224. The van der Waals surface area contributed by atoms with Crippen molar-refractivity contribution in [3.8, 4) is 0 Å². The molecular weight excluding hydrogens is 334 g/mol. The third-order valence-corrected chi connectivity index (χ3v) is 4.17. The van der Waals surface area contributed by atoms with Crippen LogP contribution in [-0.2, 0) is 20.1 Å². The van der Waals surface area contributed by atoms with E-state index in [1.165, 1.54) is 5.69 Å². The Bertz CT molecular complexity index is 721. The first-order valence-corrected chi connectivity index (χ1v) is 7.78. The minimum Gasteiger partial charge on any atom is -0.334 e. The quantitative estimate of drug-likeness (QED) is 0.917. The second-order valence-electron chi connectivity index (χ2n) is 5.23. The van der Waals surface area contributed by atoms with Gasteiger partial charge in [-0.05, 0) is 28.5 Å². The van der Waals surface area contributed by atoms with E-state index in [0.29, 0.717) is 5.69 Å². The summed E-state index contributed by atoms with van der Waals surface area (Å²) in [4.78, 5) is 14.5. The number of hydrogen-bond acceptors (Lipinski definition) is 4. The summed E-state index contributed by atoms with van der Waals surface area (Å²) in [6, 6.07) is 3.79. The van der Waals surface area contributed by atoms with Crippen molar-refractivity contribution < 1.29 is 0 Å². The Labute approximate surface area is 131 Å². The van der Waals surface area contributed by atoms with Gasteiger partial charge in [-0.1, -0.05) is 6.92 Å². The Morgan fingerprint density at radius 3 is 2.95 bits per heavy atom. The molecule has 0 fully saturated rings. The monoisotopic (exact) mass is 351 g/mol. The van der Waals surface area contributed by atoms with E-state index in [1.807, 2.05) is 10.7 Å². The minimum absolute atomic E-state index is 0.0700. The summed E-state index contributed by atoms with van der Waals surface area (Å²) < 4.78 is 4.41. The Hall–Kier alpha value is -1.60. The number of rotatable bonds is 3. The van der Waals surface area contributed by atoms with Crippen molar-refractivity contribution in [3.05, 3.63) is 38.9 Å². The Kier molecular flexibility index (Phi) is 3.86. The highest BCUT2D eigenvalue weighted by molar-refractivity contribution is 9.10. The molecule has 7 heteroatoms. The summed E-state index contributed by atoms with van der Waals surface area (Å²) in [6.45, 7) is 6.02. The van der Waals surface area contributed by atoms with Crippen LogP contribution >= 0.6 is 15.9 Å². The normalized spacial score (nSPS) is 15.0. The second kappa shape index (κ2) is 5.65. The third kappa shape index (κ3) is 2.89. The maximum atomic E-state index is 12.1. The van der Waals surface area contributed by atoms with Crippen LogP contribution in [0, 0.1) is 0 Å². The van der Waals surface area contributed by atoms with Gasteiger partial charge < -0.3 is 9.88 Å². The summed E-state index contributed by atoms with van der Waals surface area (Å²) in [5.41, 5.74) is 1.63. The number of anilines is 2. The number of pyridine rings is 1. The molecule has 2 aromatic heterocycles. The number of fused-ring (bicyclic) bond motifs is 1. The van der Waals surface area contributed by atoms with Crippen molar-refractivity contribution in [1.29, 1.82) is 0 Å². The highest BCUT2D eigenvalue weighted by atomic mass is 79.9. The maximum absolute atomic E-state index is 12.1. The summed E-state index contributed by atoms with van der Waals surface area (Å²) >= 11 is 3.40. The molecule has 112 valence electrons. The lowest BCUT2D eigenvalue weighted by Crippen LogP contribution is -2.33. The van der Waals surface area contributed by atoms with Crippen molar-refractivity contribution in [2.24, 2.45) is 7.05 Å².